The zero-order chi connectivity index (χ0) is 28.0. The molecule has 0 aromatic carbocycles. The second-order valence-electron chi connectivity index (χ2n) is 12.9. The number of carbonyl (C=O) groups excluding carboxylic acids is 1. The average molecular weight is 585 g/mol. The molecule has 5 aliphatic rings. The van der Waals surface area contributed by atoms with Gasteiger partial charge >= 0.3 is 13.6 Å². The Kier molecular flexibility index (Phi) is 6.35. The number of rotatable bonds is 6. The molecule has 3 heterocycles. The second kappa shape index (κ2) is 9.07. The molecule has 0 radical (unpaired) electrons. The predicted molar refractivity (Wildman–Crippen MR) is 140 cm³/mol. The summed E-state index contributed by atoms with van der Waals surface area (Å²) in [6.07, 6.45) is 2.14. The highest BCUT2D eigenvalue weighted by molar-refractivity contribution is 7.51. The third kappa shape index (κ3) is 5.07. The number of carbonyl (C=O) groups is 1. The van der Waals surface area contributed by atoms with Crippen LogP contribution in [0.3, 0.4) is 0 Å². The van der Waals surface area contributed by atoms with Crippen LogP contribution in [0.15, 0.2) is 6.33 Å². The fourth-order valence-electron chi connectivity index (χ4n) is 8.62. The van der Waals surface area contributed by atoms with Crippen molar-refractivity contribution in [2.75, 3.05) is 11.5 Å². The molecule has 0 spiro atoms. The molecular formula is C24H34ClN6O7P. The van der Waals surface area contributed by atoms with Crippen molar-refractivity contribution in [1.82, 2.24) is 24.8 Å². The van der Waals surface area contributed by atoms with E-state index in [0.717, 1.165) is 19.3 Å². The van der Waals surface area contributed by atoms with Gasteiger partial charge in [-0.1, -0.05) is 13.8 Å². The number of aromatic nitrogens is 4. The van der Waals surface area contributed by atoms with Crippen LogP contribution in [0.2, 0.25) is 5.28 Å². The van der Waals surface area contributed by atoms with Crippen molar-refractivity contribution in [3.05, 3.63) is 11.6 Å². The Morgan fingerprint density at radius 3 is 2.49 bits per heavy atom. The highest BCUT2D eigenvalue weighted by atomic mass is 35.5. The molecule has 4 aliphatic carbocycles. The van der Waals surface area contributed by atoms with E-state index >= 15 is 0 Å². The van der Waals surface area contributed by atoms with Gasteiger partial charge in [0.05, 0.1) is 18.6 Å². The predicted octanol–water partition coefficient (Wildman–Crippen LogP) is 2.54. The SMILES string of the molecule is C[C@]12C[C@@H]3C[C@](C)(C1)C[C@@](NC(=O)Nc1nc(Cl)nc4c1ncn4C1OC(CCP(=O)(O)O)C(O)C1O)(C3)C2. The summed E-state index contributed by atoms with van der Waals surface area (Å²) in [5, 5.41) is 26.9. The first-order valence-corrected chi connectivity index (χ1v) is 15.4. The van der Waals surface area contributed by atoms with Crippen molar-refractivity contribution >= 4 is 42.2 Å². The highest BCUT2D eigenvalue weighted by Gasteiger charge is 2.60. The van der Waals surface area contributed by atoms with Crippen LogP contribution in [-0.4, -0.2) is 75.6 Å². The molecule has 4 saturated carbocycles. The third-order valence-electron chi connectivity index (χ3n) is 8.95. The summed E-state index contributed by atoms with van der Waals surface area (Å²) in [5.41, 5.74) is 0.542. The molecule has 15 heteroatoms. The lowest BCUT2D eigenvalue weighted by Crippen LogP contribution is -2.65. The number of urea groups is 1. The van der Waals surface area contributed by atoms with E-state index in [1.54, 1.807) is 0 Å². The minimum Gasteiger partial charge on any atom is -0.388 e. The molecule has 1 aliphatic heterocycles. The summed E-state index contributed by atoms with van der Waals surface area (Å²) in [6.45, 7) is 4.66. The molecule has 2 aromatic heterocycles. The Bertz CT molecular complexity index is 1350. The smallest absolute Gasteiger partial charge is 0.325 e. The molecule has 6 N–H and O–H groups in total. The number of imidazole rings is 1. The summed E-state index contributed by atoms with van der Waals surface area (Å²) in [5.74, 6) is 0.695. The van der Waals surface area contributed by atoms with Gasteiger partial charge in [-0.25, -0.2) is 9.78 Å². The number of fused-ring (bicyclic) bond motifs is 1. The van der Waals surface area contributed by atoms with Crippen molar-refractivity contribution in [2.24, 2.45) is 16.7 Å². The Balaban J connectivity index is 1.22. The first-order valence-electron chi connectivity index (χ1n) is 13.2. The Hall–Kier alpha value is -1.86. The lowest BCUT2D eigenvalue weighted by atomic mass is 9.43. The lowest BCUT2D eigenvalue weighted by molar-refractivity contribution is -0.113. The van der Waals surface area contributed by atoms with Gasteiger partial charge in [-0.15, -0.1) is 0 Å². The lowest BCUT2D eigenvalue weighted by Gasteiger charge is -2.65. The number of nitrogens with one attached hydrogen (secondary N) is 2. The van der Waals surface area contributed by atoms with E-state index in [1.807, 2.05) is 0 Å². The standard InChI is InChI=1S/C24H34ClN6O7P/c1-22-5-12-6-23(2,8-22)10-24(7-12,9-22)30-21(34)28-17-14-18(29-20(25)27-17)31(11-26-14)19-16(33)15(32)13(38-19)3-4-39(35,36)37/h11-13,15-16,19,32-33H,3-10H2,1-2H3,(H2,35,36,37)(H2,27,28,29,30,34)/t12-,13?,15?,16?,19?,22+,23-,24-. The highest BCUT2D eigenvalue weighted by Crippen LogP contribution is 2.66. The Morgan fingerprint density at radius 2 is 1.85 bits per heavy atom. The molecule has 13 nitrogen and oxygen atoms in total. The van der Waals surface area contributed by atoms with Gasteiger partial charge in [0, 0.05) is 5.54 Å². The van der Waals surface area contributed by atoms with E-state index in [-0.39, 0.29) is 45.1 Å². The van der Waals surface area contributed by atoms with Gasteiger partial charge in [-0.05, 0) is 73.3 Å². The van der Waals surface area contributed by atoms with E-state index in [9.17, 15) is 29.4 Å². The number of amides is 2. The van der Waals surface area contributed by atoms with E-state index in [4.69, 9.17) is 16.3 Å². The fraction of sp³-hybridized carbons (Fsp3) is 0.750. The topological polar surface area (TPSA) is 192 Å². The van der Waals surface area contributed by atoms with Gasteiger partial charge in [0.25, 0.3) is 0 Å². The zero-order valence-electron chi connectivity index (χ0n) is 21.7. The largest absolute Gasteiger partial charge is 0.388 e. The maximum absolute atomic E-state index is 13.3. The quantitative estimate of drug-likeness (QED) is 0.217. The molecule has 1 saturated heterocycles. The molecule has 2 amide bonds. The van der Waals surface area contributed by atoms with Gasteiger partial charge in [0.1, 0.15) is 12.2 Å². The van der Waals surface area contributed by atoms with Crippen LogP contribution in [-0.2, 0) is 9.30 Å². The van der Waals surface area contributed by atoms with Crippen molar-refractivity contribution in [1.29, 1.82) is 0 Å². The van der Waals surface area contributed by atoms with Crippen molar-refractivity contribution in [3.8, 4) is 0 Å². The first-order chi connectivity index (χ1) is 18.2. The van der Waals surface area contributed by atoms with Gasteiger partial charge < -0.3 is 30.1 Å². The van der Waals surface area contributed by atoms with Crippen LogP contribution >= 0.6 is 19.2 Å². The minimum atomic E-state index is -4.32. The van der Waals surface area contributed by atoms with Gasteiger partial charge in [0.15, 0.2) is 23.2 Å². The summed E-state index contributed by atoms with van der Waals surface area (Å²) in [4.78, 5) is 44.3. The van der Waals surface area contributed by atoms with Crippen LogP contribution in [0, 0.1) is 16.7 Å². The number of nitrogens with zero attached hydrogens (tertiary/aromatic N) is 4. The number of aliphatic hydroxyl groups is 2. The summed E-state index contributed by atoms with van der Waals surface area (Å²) in [7, 11) is -4.32. The van der Waals surface area contributed by atoms with Crippen LogP contribution in [0.5, 0.6) is 0 Å². The monoisotopic (exact) mass is 584 g/mol. The average Bonchev–Trinajstić information content (AvgIpc) is 3.30. The Labute approximate surface area is 229 Å². The van der Waals surface area contributed by atoms with Crippen LogP contribution in [0.1, 0.15) is 65.0 Å². The Morgan fingerprint density at radius 1 is 1.15 bits per heavy atom. The number of anilines is 1. The molecule has 4 unspecified atom stereocenters. The number of ether oxygens (including phenoxy) is 1. The zero-order valence-corrected chi connectivity index (χ0v) is 23.4. The summed E-state index contributed by atoms with van der Waals surface area (Å²) < 4.78 is 18.4. The van der Waals surface area contributed by atoms with E-state index in [0.29, 0.717) is 5.92 Å². The number of aliphatic hydroxyl groups excluding tert-OH is 2. The van der Waals surface area contributed by atoms with E-state index < -0.39 is 44.3 Å². The minimum absolute atomic E-state index is 0.0921. The van der Waals surface area contributed by atoms with Crippen molar-refractivity contribution in [3.63, 3.8) is 0 Å². The summed E-state index contributed by atoms with van der Waals surface area (Å²) in [6, 6.07) is -0.403. The van der Waals surface area contributed by atoms with E-state index in [1.165, 1.54) is 30.2 Å². The maximum Gasteiger partial charge on any atom is 0.325 e. The normalized spacial score (nSPS) is 39.4. The molecule has 5 fully saturated rings. The third-order valence-corrected chi connectivity index (χ3v) is 9.96. The first kappa shape index (κ1) is 27.3. The van der Waals surface area contributed by atoms with Crippen LogP contribution in [0.25, 0.3) is 11.2 Å². The number of halogens is 1. The van der Waals surface area contributed by atoms with Gasteiger partial charge in [-0.3, -0.25) is 14.4 Å². The van der Waals surface area contributed by atoms with Gasteiger partial charge in [0.2, 0.25) is 5.28 Å². The molecule has 214 valence electrons. The molecule has 4 bridgehead atoms. The second-order valence-corrected chi connectivity index (χ2v) is 15.0. The van der Waals surface area contributed by atoms with Crippen molar-refractivity contribution < 1.29 is 34.1 Å². The molecular weight excluding hydrogens is 551 g/mol. The number of hydrogen-bond donors (Lipinski definition) is 6. The summed E-state index contributed by atoms with van der Waals surface area (Å²) >= 11 is 6.20. The molecule has 2 aromatic rings. The van der Waals surface area contributed by atoms with Crippen molar-refractivity contribution in [2.45, 2.75) is 88.9 Å². The fourth-order valence-corrected chi connectivity index (χ4v) is 9.38. The van der Waals surface area contributed by atoms with Crippen LogP contribution < -0.4 is 10.6 Å². The van der Waals surface area contributed by atoms with Crippen LogP contribution in [0.4, 0.5) is 10.6 Å². The molecule has 8 atom stereocenters. The van der Waals surface area contributed by atoms with E-state index in [2.05, 4.69) is 39.4 Å². The molecule has 39 heavy (non-hydrogen) atoms. The number of hydrogen-bond acceptors (Lipinski definition) is 8. The maximum atomic E-state index is 13.3. The molecule has 7 rings (SSSR count). The van der Waals surface area contributed by atoms with Gasteiger partial charge in [-0.2, -0.15) is 9.97 Å².